The molecule has 0 amide bonds. The lowest BCUT2D eigenvalue weighted by Crippen LogP contribution is -2.22. The van der Waals surface area contributed by atoms with Crippen molar-refractivity contribution in [3.63, 3.8) is 0 Å². The van der Waals surface area contributed by atoms with E-state index in [-0.39, 0.29) is 16.8 Å². The predicted molar refractivity (Wildman–Crippen MR) is 48.4 cm³/mol. The zero-order valence-corrected chi connectivity index (χ0v) is 9.52. The molecular formula is C7H9F4N3O2S. The second-order valence-corrected chi connectivity index (χ2v) is 4.53. The van der Waals surface area contributed by atoms with E-state index in [0.29, 0.717) is 6.42 Å². The molecule has 0 fully saturated rings. The van der Waals surface area contributed by atoms with Gasteiger partial charge >= 0.3 is 16.4 Å². The first-order chi connectivity index (χ1) is 7.65. The minimum Gasteiger partial charge on any atom is -0.290 e. The average Bonchev–Trinajstić information content (AvgIpc) is 2.45. The second kappa shape index (κ2) is 4.59. The van der Waals surface area contributed by atoms with E-state index in [1.54, 1.807) is 6.92 Å². The predicted octanol–water partition coefficient (Wildman–Crippen LogP) is 1.45. The molecule has 0 saturated carbocycles. The molecule has 5 nitrogen and oxygen atoms in total. The molecule has 17 heavy (non-hydrogen) atoms. The van der Waals surface area contributed by atoms with Crippen molar-refractivity contribution in [1.82, 2.24) is 14.8 Å². The molecule has 1 rings (SSSR count). The van der Waals surface area contributed by atoms with E-state index < -0.39 is 28.1 Å². The summed E-state index contributed by atoms with van der Waals surface area (Å²) in [4.78, 5) is 0. The third kappa shape index (κ3) is 3.65. The highest BCUT2D eigenvalue weighted by molar-refractivity contribution is 7.86. The van der Waals surface area contributed by atoms with Crippen LogP contribution >= 0.6 is 0 Å². The maximum atomic E-state index is 12.7. The number of halogens is 4. The minimum absolute atomic E-state index is 0.0819. The SMILES string of the molecule is CCCc1nnc(S(=O)(=O)F)n1CC(F)(F)F. The van der Waals surface area contributed by atoms with E-state index in [0.717, 1.165) is 0 Å². The summed E-state index contributed by atoms with van der Waals surface area (Å²) in [6.45, 7) is 0.0318. The first kappa shape index (κ1) is 13.9. The standard InChI is InChI=1S/C7H9F4N3O2S/c1-2-3-5-12-13-6(17(11,15)16)14(5)4-7(8,9)10/h2-4H2,1H3. The summed E-state index contributed by atoms with van der Waals surface area (Å²) in [5.74, 6) is -0.207. The van der Waals surface area contributed by atoms with Crippen LogP contribution in [0, 0.1) is 0 Å². The molecule has 0 aliphatic rings. The highest BCUT2D eigenvalue weighted by Crippen LogP contribution is 2.22. The molecule has 10 heteroatoms. The van der Waals surface area contributed by atoms with Gasteiger partial charge in [0.25, 0.3) is 5.16 Å². The lowest BCUT2D eigenvalue weighted by Gasteiger charge is -2.10. The van der Waals surface area contributed by atoms with Gasteiger partial charge < -0.3 is 0 Å². The summed E-state index contributed by atoms with van der Waals surface area (Å²) < 4.78 is 70.8. The summed E-state index contributed by atoms with van der Waals surface area (Å²) in [5.41, 5.74) is 0. The number of rotatable bonds is 4. The third-order valence-corrected chi connectivity index (χ3v) is 2.56. The van der Waals surface area contributed by atoms with Gasteiger partial charge in [-0.25, -0.2) is 0 Å². The lowest BCUT2D eigenvalue weighted by atomic mass is 10.3. The van der Waals surface area contributed by atoms with Crippen LogP contribution in [0.2, 0.25) is 0 Å². The highest BCUT2D eigenvalue weighted by Gasteiger charge is 2.34. The molecule has 0 unspecified atom stereocenters. The second-order valence-electron chi connectivity index (χ2n) is 3.29. The van der Waals surface area contributed by atoms with Gasteiger partial charge in [0.2, 0.25) is 0 Å². The molecule has 98 valence electrons. The van der Waals surface area contributed by atoms with Gasteiger partial charge in [0.15, 0.2) is 0 Å². The van der Waals surface area contributed by atoms with Crippen LogP contribution in [0.15, 0.2) is 5.16 Å². The van der Waals surface area contributed by atoms with Gasteiger partial charge in [-0.3, -0.25) is 4.57 Å². The molecule has 0 aromatic carbocycles. The van der Waals surface area contributed by atoms with Gasteiger partial charge in [-0.15, -0.1) is 10.2 Å². The Bertz CT molecular complexity index is 494. The van der Waals surface area contributed by atoms with Gasteiger partial charge in [-0.1, -0.05) is 10.8 Å². The van der Waals surface area contributed by atoms with E-state index in [9.17, 15) is 25.5 Å². The van der Waals surface area contributed by atoms with Crippen molar-refractivity contribution in [3.05, 3.63) is 5.82 Å². The molecule has 1 aromatic rings. The van der Waals surface area contributed by atoms with Crippen LogP contribution in [0.3, 0.4) is 0 Å². The van der Waals surface area contributed by atoms with Gasteiger partial charge in [0, 0.05) is 6.42 Å². The van der Waals surface area contributed by atoms with Crippen LogP contribution in [-0.2, 0) is 23.2 Å². The Morgan fingerprint density at radius 3 is 2.29 bits per heavy atom. The van der Waals surface area contributed by atoms with Crippen LogP contribution in [-0.4, -0.2) is 29.4 Å². The lowest BCUT2D eigenvalue weighted by molar-refractivity contribution is -0.142. The van der Waals surface area contributed by atoms with Crippen LogP contribution in [0.1, 0.15) is 19.2 Å². The average molecular weight is 275 g/mol. The van der Waals surface area contributed by atoms with Crippen LogP contribution in [0.25, 0.3) is 0 Å². The maximum Gasteiger partial charge on any atom is 0.406 e. The fourth-order valence-corrected chi connectivity index (χ4v) is 1.82. The molecule has 1 aromatic heterocycles. The summed E-state index contributed by atoms with van der Waals surface area (Å²) in [7, 11) is -5.31. The minimum atomic E-state index is -5.31. The topological polar surface area (TPSA) is 64.8 Å². The van der Waals surface area contributed by atoms with Crippen molar-refractivity contribution in [1.29, 1.82) is 0 Å². The number of aryl methyl sites for hydroxylation is 1. The fourth-order valence-electron chi connectivity index (χ4n) is 1.25. The normalized spacial score (nSPS) is 13.0. The molecule has 0 aliphatic carbocycles. The van der Waals surface area contributed by atoms with Crippen molar-refractivity contribution < 1.29 is 25.5 Å². The number of nitrogens with zero attached hydrogens (tertiary/aromatic N) is 3. The van der Waals surface area contributed by atoms with Crippen molar-refractivity contribution in [2.24, 2.45) is 0 Å². The Kier molecular flexibility index (Phi) is 3.74. The molecule has 0 saturated heterocycles. The van der Waals surface area contributed by atoms with Crippen molar-refractivity contribution in [2.75, 3.05) is 0 Å². The zero-order chi connectivity index (χ0) is 13.3. The van der Waals surface area contributed by atoms with E-state index in [4.69, 9.17) is 0 Å². The van der Waals surface area contributed by atoms with Crippen LogP contribution in [0.4, 0.5) is 17.1 Å². The Labute approximate surface area is 94.7 Å². The number of hydrogen-bond donors (Lipinski definition) is 0. The fraction of sp³-hybridized carbons (Fsp3) is 0.714. The van der Waals surface area contributed by atoms with Gasteiger partial charge in [-0.2, -0.15) is 21.6 Å². The highest BCUT2D eigenvalue weighted by atomic mass is 32.3. The molecule has 0 aliphatic heterocycles. The maximum absolute atomic E-state index is 12.7. The zero-order valence-electron chi connectivity index (χ0n) is 8.70. The van der Waals surface area contributed by atoms with Crippen molar-refractivity contribution in [3.8, 4) is 0 Å². The van der Waals surface area contributed by atoms with E-state index in [1.807, 2.05) is 0 Å². The molecule has 0 radical (unpaired) electrons. The quantitative estimate of drug-likeness (QED) is 0.616. The summed E-state index contributed by atoms with van der Waals surface area (Å²) in [6.07, 6.45) is -4.16. The van der Waals surface area contributed by atoms with Gasteiger partial charge in [-0.05, 0) is 6.42 Å². The smallest absolute Gasteiger partial charge is 0.290 e. The molecule has 0 atom stereocenters. The first-order valence-electron chi connectivity index (χ1n) is 4.58. The van der Waals surface area contributed by atoms with E-state index in [1.165, 1.54) is 0 Å². The summed E-state index contributed by atoms with van der Waals surface area (Å²) >= 11 is 0. The molecule has 0 spiro atoms. The van der Waals surface area contributed by atoms with Gasteiger partial charge in [0.1, 0.15) is 12.4 Å². The number of aromatic nitrogens is 3. The molecule has 0 N–H and O–H groups in total. The van der Waals surface area contributed by atoms with Crippen LogP contribution in [0.5, 0.6) is 0 Å². The molecular weight excluding hydrogens is 266 g/mol. The van der Waals surface area contributed by atoms with Crippen molar-refractivity contribution >= 4 is 10.2 Å². The molecule has 0 bridgehead atoms. The summed E-state index contributed by atoms with van der Waals surface area (Å²) in [6, 6.07) is 0. The third-order valence-electron chi connectivity index (χ3n) is 1.82. The molecule has 1 heterocycles. The number of alkyl halides is 3. The monoisotopic (exact) mass is 275 g/mol. The largest absolute Gasteiger partial charge is 0.406 e. The Morgan fingerprint density at radius 1 is 1.29 bits per heavy atom. The Morgan fingerprint density at radius 2 is 1.88 bits per heavy atom. The Hall–Kier alpha value is -1.19. The Balaban J connectivity index is 3.25. The van der Waals surface area contributed by atoms with Crippen molar-refractivity contribution in [2.45, 2.75) is 37.6 Å². The first-order valence-corrected chi connectivity index (χ1v) is 5.97. The number of hydrogen-bond acceptors (Lipinski definition) is 4. The van der Waals surface area contributed by atoms with Gasteiger partial charge in [0.05, 0.1) is 0 Å². The summed E-state index contributed by atoms with van der Waals surface area (Å²) in [5, 5.41) is 4.88. The van der Waals surface area contributed by atoms with E-state index >= 15 is 0 Å². The van der Waals surface area contributed by atoms with Crippen LogP contribution < -0.4 is 0 Å². The van der Waals surface area contributed by atoms with E-state index in [2.05, 4.69) is 10.2 Å².